The van der Waals surface area contributed by atoms with Crippen molar-refractivity contribution in [2.24, 2.45) is 0 Å². The van der Waals surface area contributed by atoms with Crippen molar-refractivity contribution < 1.29 is 18.6 Å². The van der Waals surface area contributed by atoms with Crippen molar-refractivity contribution >= 4 is 0 Å². The first kappa shape index (κ1) is 16.1. The van der Waals surface area contributed by atoms with Gasteiger partial charge in [0.2, 0.25) is 0 Å². The molecular weight excluding hydrogens is 248 g/mol. The number of aromatic nitrogens is 1. The smallest absolute Gasteiger partial charge is 0.194 e. The Bertz CT molecular complexity index is 317. The molecule has 0 aliphatic heterocycles. The van der Waals surface area contributed by atoms with E-state index in [1.807, 2.05) is 0 Å². The molecule has 0 aromatic carbocycles. The molecule has 0 atom stereocenters. The molecule has 6 nitrogen and oxygen atoms in total. The zero-order chi connectivity index (χ0) is 13.8. The second-order valence-electron chi connectivity index (χ2n) is 4.11. The van der Waals surface area contributed by atoms with E-state index in [0.717, 1.165) is 44.2 Å². The van der Waals surface area contributed by atoms with Crippen LogP contribution in [0.2, 0.25) is 0 Å². The molecule has 1 aromatic rings. The number of ether oxygens (including phenoxy) is 3. The summed E-state index contributed by atoms with van der Waals surface area (Å²) in [5.41, 5.74) is 0. The first-order valence-electron chi connectivity index (χ1n) is 6.56. The van der Waals surface area contributed by atoms with E-state index in [1.165, 1.54) is 0 Å². The molecule has 1 aromatic heterocycles. The van der Waals surface area contributed by atoms with Gasteiger partial charge in [0, 0.05) is 27.2 Å². The number of nitrogens with one attached hydrogen (secondary N) is 1. The number of hydrogen-bond donors (Lipinski definition) is 1. The molecule has 0 fully saturated rings. The Labute approximate surface area is 114 Å². The Morgan fingerprint density at radius 1 is 1.16 bits per heavy atom. The van der Waals surface area contributed by atoms with Crippen molar-refractivity contribution in [3.05, 3.63) is 17.8 Å². The zero-order valence-corrected chi connectivity index (χ0v) is 11.8. The maximum absolute atomic E-state index is 5.56. The second kappa shape index (κ2) is 10.9. The standard InChI is InChI=1S/C13H24N2O4/c1-16-7-6-14-5-3-4-13-15-10-12(19-13)11-18-9-8-17-2/h10,14H,3-9,11H2,1-2H3. The minimum Gasteiger partial charge on any atom is -0.443 e. The number of nitrogens with zero attached hydrogens (tertiary/aromatic N) is 1. The minimum atomic E-state index is 0.447. The van der Waals surface area contributed by atoms with Crippen molar-refractivity contribution in [1.82, 2.24) is 10.3 Å². The Morgan fingerprint density at radius 3 is 2.79 bits per heavy atom. The fraction of sp³-hybridized carbons (Fsp3) is 0.769. The summed E-state index contributed by atoms with van der Waals surface area (Å²) < 4.78 is 20.8. The number of rotatable bonds is 12. The van der Waals surface area contributed by atoms with Gasteiger partial charge in [-0.1, -0.05) is 0 Å². The number of oxazole rings is 1. The van der Waals surface area contributed by atoms with E-state index in [2.05, 4.69) is 10.3 Å². The third-order valence-corrected chi connectivity index (χ3v) is 2.50. The van der Waals surface area contributed by atoms with Crippen LogP contribution in [0.3, 0.4) is 0 Å². The highest BCUT2D eigenvalue weighted by atomic mass is 16.5. The normalized spacial score (nSPS) is 11.1. The molecule has 0 aliphatic carbocycles. The quantitative estimate of drug-likeness (QED) is 0.573. The maximum Gasteiger partial charge on any atom is 0.194 e. The van der Waals surface area contributed by atoms with Crippen molar-refractivity contribution in [2.75, 3.05) is 47.1 Å². The summed E-state index contributed by atoms with van der Waals surface area (Å²) in [4.78, 5) is 4.22. The average Bonchev–Trinajstić information content (AvgIpc) is 2.87. The summed E-state index contributed by atoms with van der Waals surface area (Å²) in [5, 5.41) is 3.28. The molecule has 0 bridgehead atoms. The van der Waals surface area contributed by atoms with Gasteiger partial charge in [-0.15, -0.1) is 0 Å². The molecular formula is C13H24N2O4. The molecule has 1 heterocycles. The highest BCUT2D eigenvalue weighted by Gasteiger charge is 2.03. The lowest BCUT2D eigenvalue weighted by atomic mass is 10.3. The molecule has 0 aliphatic rings. The van der Waals surface area contributed by atoms with Gasteiger partial charge in [-0.25, -0.2) is 4.98 Å². The van der Waals surface area contributed by atoms with E-state index in [4.69, 9.17) is 18.6 Å². The molecule has 0 spiro atoms. The molecule has 110 valence electrons. The van der Waals surface area contributed by atoms with E-state index in [-0.39, 0.29) is 0 Å². The van der Waals surface area contributed by atoms with Crippen LogP contribution in [0.4, 0.5) is 0 Å². The zero-order valence-electron chi connectivity index (χ0n) is 11.8. The van der Waals surface area contributed by atoms with Crippen LogP contribution in [0.15, 0.2) is 10.6 Å². The van der Waals surface area contributed by atoms with Gasteiger partial charge < -0.3 is 23.9 Å². The van der Waals surface area contributed by atoms with Crippen LogP contribution < -0.4 is 5.32 Å². The number of aryl methyl sites for hydroxylation is 1. The molecule has 1 rings (SSSR count). The van der Waals surface area contributed by atoms with Gasteiger partial charge in [0.05, 0.1) is 26.0 Å². The van der Waals surface area contributed by atoms with E-state index in [0.29, 0.717) is 19.8 Å². The van der Waals surface area contributed by atoms with Crippen molar-refractivity contribution in [2.45, 2.75) is 19.4 Å². The molecule has 6 heteroatoms. The van der Waals surface area contributed by atoms with Crippen LogP contribution in [0.25, 0.3) is 0 Å². The molecule has 0 saturated carbocycles. The molecule has 0 saturated heterocycles. The van der Waals surface area contributed by atoms with Crippen LogP contribution in [0.1, 0.15) is 18.1 Å². The van der Waals surface area contributed by atoms with Gasteiger partial charge in [-0.3, -0.25) is 0 Å². The third kappa shape index (κ3) is 7.94. The summed E-state index contributed by atoms with van der Waals surface area (Å²) in [6, 6.07) is 0. The molecule has 0 unspecified atom stereocenters. The first-order chi connectivity index (χ1) is 9.36. The van der Waals surface area contributed by atoms with Crippen molar-refractivity contribution in [3.8, 4) is 0 Å². The summed E-state index contributed by atoms with van der Waals surface area (Å²) in [5.74, 6) is 1.53. The summed E-state index contributed by atoms with van der Waals surface area (Å²) in [6.07, 6.45) is 3.55. The number of methoxy groups -OCH3 is 2. The number of hydrogen-bond acceptors (Lipinski definition) is 6. The summed E-state index contributed by atoms with van der Waals surface area (Å²) in [6.45, 7) is 4.15. The van der Waals surface area contributed by atoms with Gasteiger partial charge in [0.15, 0.2) is 5.89 Å². The van der Waals surface area contributed by atoms with Crippen LogP contribution >= 0.6 is 0 Å². The Morgan fingerprint density at radius 2 is 2.00 bits per heavy atom. The lowest BCUT2D eigenvalue weighted by molar-refractivity contribution is 0.0534. The predicted molar refractivity (Wildman–Crippen MR) is 71.1 cm³/mol. The largest absolute Gasteiger partial charge is 0.443 e. The maximum atomic E-state index is 5.56. The molecule has 1 N–H and O–H groups in total. The van der Waals surface area contributed by atoms with Crippen molar-refractivity contribution in [3.63, 3.8) is 0 Å². The Kier molecular flexibility index (Phi) is 9.26. The fourth-order valence-corrected chi connectivity index (χ4v) is 1.51. The van der Waals surface area contributed by atoms with Gasteiger partial charge >= 0.3 is 0 Å². The van der Waals surface area contributed by atoms with Crippen LogP contribution in [-0.2, 0) is 27.2 Å². The topological polar surface area (TPSA) is 65.8 Å². The lowest BCUT2D eigenvalue weighted by Crippen LogP contribution is -2.20. The first-order valence-corrected chi connectivity index (χ1v) is 6.56. The van der Waals surface area contributed by atoms with Gasteiger partial charge in [0.1, 0.15) is 12.4 Å². The molecule has 19 heavy (non-hydrogen) atoms. The van der Waals surface area contributed by atoms with Gasteiger partial charge in [0.25, 0.3) is 0 Å². The summed E-state index contributed by atoms with van der Waals surface area (Å²) in [7, 11) is 3.35. The molecule has 0 radical (unpaired) electrons. The van der Waals surface area contributed by atoms with Crippen LogP contribution in [0.5, 0.6) is 0 Å². The van der Waals surface area contributed by atoms with E-state index >= 15 is 0 Å². The Balaban J connectivity index is 2.06. The van der Waals surface area contributed by atoms with Crippen molar-refractivity contribution in [1.29, 1.82) is 0 Å². The van der Waals surface area contributed by atoms with Gasteiger partial charge in [-0.2, -0.15) is 0 Å². The third-order valence-electron chi connectivity index (χ3n) is 2.50. The highest BCUT2D eigenvalue weighted by Crippen LogP contribution is 2.07. The van der Waals surface area contributed by atoms with Gasteiger partial charge in [-0.05, 0) is 13.0 Å². The minimum absolute atomic E-state index is 0.447. The predicted octanol–water partition coefficient (Wildman–Crippen LogP) is 1.01. The highest BCUT2D eigenvalue weighted by molar-refractivity contribution is 4.92. The van der Waals surface area contributed by atoms with E-state index < -0.39 is 0 Å². The molecule has 0 amide bonds. The Hall–Kier alpha value is -0.950. The van der Waals surface area contributed by atoms with E-state index in [1.54, 1.807) is 20.4 Å². The fourth-order valence-electron chi connectivity index (χ4n) is 1.51. The average molecular weight is 272 g/mol. The lowest BCUT2D eigenvalue weighted by Gasteiger charge is -2.02. The SMILES string of the molecule is COCCNCCCc1ncc(COCCOC)o1. The van der Waals surface area contributed by atoms with Crippen LogP contribution in [0, 0.1) is 0 Å². The second-order valence-corrected chi connectivity index (χ2v) is 4.11. The van der Waals surface area contributed by atoms with Crippen LogP contribution in [-0.4, -0.2) is 52.1 Å². The monoisotopic (exact) mass is 272 g/mol. The summed E-state index contributed by atoms with van der Waals surface area (Å²) >= 11 is 0. The van der Waals surface area contributed by atoms with E-state index in [9.17, 15) is 0 Å².